The summed E-state index contributed by atoms with van der Waals surface area (Å²) in [6.07, 6.45) is 2.70. The van der Waals surface area contributed by atoms with Crippen LogP contribution in [0.5, 0.6) is 0 Å². The van der Waals surface area contributed by atoms with Crippen LogP contribution in [0.3, 0.4) is 0 Å². The summed E-state index contributed by atoms with van der Waals surface area (Å²) in [6, 6.07) is 13.7. The number of hydrogen-bond acceptors (Lipinski definition) is 4. The SMILES string of the molecule is Cc1c(N2CCC3(CC2)Cc2ccccc2[C@H]3NS(=O)#CC(C)(C)C)nc(C)n(-c2cccc(Cl)c2Cl)c1=O. The minimum atomic E-state index is -1.38. The number of anilines is 1. The molecule has 0 radical (unpaired) electrons. The molecule has 1 aliphatic heterocycles. The van der Waals surface area contributed by atoms with Gasteiger partial charge in [-0.1, -0.05) is 53.5 Å². The van der Waals surface area contributed by atoms with Crippen molar-refractivity contribution in [3.63, 3.8) is 0 Å². The summed E-state index contributed by atoms with van der Waals surface area (Å²) in [6.45, 7) is 11.2. The van der Waals surface area contributed by atoms with Crippen LogP contribution in [0.4, 0.5) is 5.82 Å². The normalized spacial score (nSPS) is 18.2. The van der Waals surface area contributed by atoms with E-state index >= 15 is 0 Å². The lowest BCUT2D eigenvalue weighted by Gasteiger charge is -2.43. The summed E-state index contributed by atoms with van der Waals surface area (Å²) in [5, 5.41) is 3.89. The van der Waals surface area contributed by atoms with Crippen LogP contribution in [0.2, 0.25) is 10.0 Å². The Morgan fingerprint density at radius 3 is 2.46 bits per heavy atom. The van der Waals surface area contributed by atoms with Gasteiger partial charge in [-0.05, 0) is 87.7 Å². The molecule has 206 valence electrons. The molecule has 2 aromatic carbocycles. The maximum Gasteiger partial charge on any atom is 0.263 e. The van der Waals surface area contributed by atoms with E-state index in [9.17, 15) is 9.00 Å². The van der Waals surface area contributed by atoms with Crippen molar-refractivity contribution in [3.05, 3.63) is 85.4 Å². The minimum absolute atomic E-state index is 0.0275. The first-order valence-corrected chi connectivity index (χ1v) is 15.1. The van der Waals surface area contributed by atoms with Gasteiger partial charge in [0.15, 0.2) is 0 Å². The molecule has 1 N–H and O–H groups in total. The molecule has 5 rings (SSSR count). The van der Waals surface area contributed by atoms with Gasteiger partial charge in [0.1, 0.15) is 11.6 Å². The molecule has 1 spiro atoms. The van der Waals surface area contributed by atoms with Gasteiger partial charge in [0, 0.05) is 18.5 Å². The van der Waals surface area contributed by atoms with Crippen LogP contribution < -0.4 is 15.2 Å². The van der Waals surface area contributed by atoms with Crippen molar-refractivity contribution in [2.24, 2.45) is 10.8 Å². The number of nitrogens with one attached hydrogen (secondary N) is 1. The highest BCUT2D eigenvalue weighted by atomic mass is 35.5. The van der Waals surface area contributed by atoms with Crippen LogP contribution in [0.1, 0.15) is 62.2 Å². The van der Waals surface area contributed by atoms with Crippen molar-refractivity contribution < 1.29 is 4.21 Å². The van der Waals surface area contributed by atoms with E-state index in [0.717, 1.165) is 32.4 Å². The quantitative estimate of drug-likeness (QED) is 0.392. The lowest BCUT2D eigenvalue weighted by molar-refractivity contribution is 0.178. The average Bonchev–Trinajstić information content (AvgIpc) is 3.16. The van der Waals surface area contributed by atoms with E-state index in [-0.39, 0.29) is 22.4 Å². The third-order valence-electron chi connectivity index (χ3n) is 7.83. The van der Waals surface area contributed by atoms with Gasteiger partial charge in [-0.25, -0.2) is 13.9 Å². The largest absolute Gasteiger partial charge is 0.356 e. The van der Waals surface area contributed by atoms with Crippen molar-refractivity contribution in [2.75, 3.05) is 18.0 Å². The number of benzene rings is 2. The van der Waals surface area contributed by atoms with E-state index in [4.69, 9.17) is 28.2 Å². The van der Waals surface area contributed by atoms with Crippen LogP contribution >= 0.6 is 23.2 Å². The van der Waals surface area contributed by atoms with E-state index in [2.05, 4.69) is 39.1 Å². The molecule has 9 heteroatoms. The van der Waals surface area contributed by atoms with Gasteiger partial charge in [-0.3, -0.25) is 9.36 Å². The first-order valence-electron chi connectivity index (χ1n) is 13.2. The Labute approximate surface area is 242 Å². The van der Waals surface area contributed by atoms with Crippen molar-refractivity contribution in [1.82, 2.24) is 14.3 Å². The second-order valence-corrected chi connectivity index (χ2v) is 13.5. The molecular weight excluding hydrogens is 551 g/mol. The Morgan fingerprint density at radius 2 is 1.77 bits per heavy atom. The highest BCUT2D eigenvalue weighted by Crippen LogP contribution is 2.52. The number of nitrogens with zero attached hydrogens (tertiary/aromatic N) is 3. The van der Waals surface area contributed by atoms with Crippen molar-refractivity contribution in [3.8, 4) is 10.9 Å². The number of aromatic nitrogens is 2. The predicted molar refractivity (Wildman–Crippen MR) is 161 cm³/mol. The molecule has 39 heavy (non-hydrogen) atoms. The molecule has 6 nitrogen and oxygen atoms in total. The van der Waals surface area contributed by atoms with Gasteiger partial charge in [-0.2, -0.15) is 0 Å². The fraction of sp³-hybridized carbons (Fsp3) is 0.433. The number of hydrogen-bond donors (Lipinski definition) is 1. The lowest BCUT2D eigenvalue weighted by atomic mass is 9.73. The predicted octanol–water partition coefficient (Wildman–Crippen LogP) is 6.30. The zero-order valence-corrected chi connectivity index (χ0v) is 25.3. The number of rotatable bonds is 3. The van der Waals surface area contributed by atoms with Crippen molar-refractivity contribution >= 4 is 39.4 Å². The Hall–Kier alpha value is -2.54. The Kier molecular flexibility index (Phi) is 7.51. The summed E-state index contributed by atoms with van der Waals surface area (Å²) in [5.74, 6) is 1.27. The van der Waals surface area contributed by atoms with E-state index in [1.807, 2.05) is 34.6 Å². The smallest absolute Gasteiger partial charge is 0.263 e. The molecule has 2 aliphatic rings. The monoisotopic (exact) mass is 584 g/mol. The summed E-state index contributed by atoms with van der Waals surface area (Å²) in [7, 11) is -1.38. The minimum Gasteiger partial charge on any atom is -0.356 e. The summed E-state index contributed by atoms with van der Waals surface area (Å²) >= 11 is 12.7. The van der Waals surface area contributed by atoms with Gasteiger partial charge >= 0.3 is 0 Å². The van der Waals surface area contributed by atoms with E-state index < -0.39 is 10.4 Å². The second kappa shape index (κ2) is 10.5. The maximum absolute atomic E-state index is 13.5. The summed E-state index contributed by atoms with van der Waals surface area (Å²) in [4.78, 5) is 20.6. The highest BCUT2D eigenvalue weighted by Gasteiger charge is 2.48. The molecular formula is C30H34Cl2N4O2S. The third-order valence-corrected chi connectivity index (χ3v) is 9.88. The Balaban J connectivity index is 1.45. The van der Waals surface area contributed by atoms with Crippen molar-refractivity contribution in [2.45, 2.75) is 59.9 Å². The molecule has 1 aromatic heterocycles. The van der Waals surface area contributed by atoms with Gasteiger partial charge in [0.2, 0.25) is 0 Å². The molecule has 1 aliphatic carbocycles. The number of piperidine rings is 1. The molecule has 1 atom stereocenters. The van der Waals surface area contributed by atoms with Crippen molar-refractivity contribution in [1.29, 1.82) is 0 Å². The van der Waals surface area contributed by atoms with Gasteiger partial charge in [0.25, 0.3) is 5.56 Å². The fourth-order valence-corrected chi connectivity index (χ4v) is 7.56. The summed E-state index contributed by atoms with van der Waals surface area (Å²) in [5.41, 5.74) is 3.14. The van der Waals surface area contributed by atoms with E-state index in [1.165, 1.54) is 15.7 Å². The molecule has 1 saturated heterocycles. The first kappa shape index (κ1) is 28.0. The number of fused-ring (bicyclic) bond motifs is 1. The zero-order chi connectivity index (χ0) is 28.1. The van der Waals surface area contributed by atoms with Gasteiger partial charge < -0.3 is 4.90 Å². The zero-order valence-electron chi connectivity index (χ0n) is 23.0. The topological polar surface area (TPSA) is 67.2 Å². The Morgan fingerprint density at radius 1 is 1.08 bits per heavy atom. The lowest BCUT2D eigenvalue weighted by Crippen LogP contribution is -2.46. The first-order chi connectivity index (χ1) is 18.4. The highest BCUT2D eigenvalue weighted by molar-refractivity contribution is 7.72. The molecule has 2 heterocycles. The number of halogens is 2. The van der Waals surface area contributed by atoms with Crippen LogP contribution in [0, 0.1) is 29.9 Å². The van der Waals surface area contributed by atoms with Gasteiger partial charge in [0.05, 0.1) is 37.7 Å². The molecule has 3 aromatic rings. The molecule has 0 amide bonds. The van der Waals surface area contributed by atoms with Crippen LogP contribution in [0.25, 0.3) is 5.69 Å². The standard InChI is InChI=1S/C30H34Cl2N4O2S/c1-19-27(33-20(2)36(28(19)37)24-12-8-11-23(31)25(24)32)35-15-13-30(14-16-35)17-21-9-6-7-10-22(21)26(30)34-39(38)18-29(3,4)5/h6-12,26H,13-17H2,1-5H3,(H,34,38)/t26-/m1/s1. The number of aryl methyl sites for hydroxylation is 1. The van der Waals surface area contributed by atoms with E-state index in [1.54, 1.807) is 18.2 Å². The second-order valence-electron chi connectivity index (χ2n) is 11.7. The van der Waals surface area contributed by atoms with Crippen LogP contribution in [0.15, 0.2) is 47.3 Å². The van der Waals surface area contributed by atoms with Crippen LogP contribution in [-0.4, -0.2) is 26.8 Å². The molecule has 0 bridgehead atoms. The molecule has 0 unspecified atom stereocenters. The molecule has 0 saturated carbocycles. The Bertz CT molecular complexity index is 1640. The van der Waals surface area contributed by atoms with Crippen LogP contribution in [-0.2, 0) is 16.8 Å². The van der Waals surface area contributed by atoms with Gasteiger partial charge in [-0.15, -0.1) is 0 Å². The summed E-state index contributed by atoms with van der Waals surface area (Å²) < 4.78 is 18.0. The average molecular weight is 586 g/mol. The maximum atomic E-state index is 13.5. The van der Waals surface area contributed by atoms with E-state index in [0.29, 0.717) is 32.9 Å². The fourth-order valence-electron chi connectivity index (χ4n) is 5.97. The third kappa shape index (κ3) is 5.31. The molecule has 1 fully saturated rings.